The molecule has 2 aliphatic heterocycles. The molecular formula is C23H40IN5O. The van der Waals surface area contributed by atoms with Crippen molar-refractivity contribution in [1.82, 2.24) is 15.5 Å². The first-order valence-electron chi connectivity index (χ1n) is 11.3. The summed E-state index contributed by atoms with van der Waals surface area (Å²) >= 11 is 0. The van der Waals surface area contributed by atoms with Gasteiger partial charge in [-0.25, -0.2) is 0 Å². The Kier molecular flexibility index (Phi) is 11.1. The normalized spacial score (nSPS) is 22.5. The van der Waals surface area contributed by atoms with Crippen molar-refractivity contribution in [1.29, 1.82) is 0 Å². The highest BCUT2D eigenvalue weighted by Gasteiger charge is 2.25. The highest BCUT2D eigenvalue weighted by molar-refractivity contribution is 14.0. The molecule has 2 unspecified atom stereocenters. The summed E-state index contributed by atoms with van der Waals surface area (Å²) < 4.78 is 5.52. The van der Waals surface area contributed by atoms with E-state index < -0.39 is 0 Å². The molecule has 0 spiro atoms. The van der Waals surface area contributed by atoms with E-state index in [1.165, 1.54) is 50.9 Å². The van der Waals surface area contributed by atoms with Crippen LogP contribution in [0, 0.1) is 0 Å². The third kappa shape index (κ3) is 7.18. The minimum absolute atomic E-state index is 0. The number of rotatable bonds is 8. The average Bonchev–Trinajstić information content (AvgIpc) is 3.22. The minimum Gasteiger partial charge on any atom is -0.495 e. The topological polar surface area (TPSA) is 52.1 Å². The summed E-state index contributed by atoms with van der Waals surface area (Å²) in [4.78, 5) is 9.47. The number of para-hydroxylation sites is 2. The smallest absolute Gasteiger partial charge is 0.191 e. The molecule has 30 heavy (non-hydrogen) atoms. The molecule has 0 saturated carbocycles. The Morgan fingerprint density at radius 1 is 1.17 bits per heavy atom. The van der Waals surface area contributed by atoms with Crippen LogP contribution in [0.3, 0.4) is 0 Å². The van der Waals surface area contributed by atoms with Crippen molar-refractivity contribution in [2.75, 3.05) is 51.8 Å². The average molecular weight is 530 g/mol. The molecule has 0 amide bonds. The molecule has 0 radical (unpaired) electrons. The molecule has 6 nitrogen and oxygen atoms in total. The lowest BCUT2D eigenvalue weighted by molar-refractivity contribution is 0.158. The Morgan fingerprint density at radius 3 is 2.77 bits per heavy atom. The number of methoxy groups -OCH3 is 1. The molecule has 1 aromatic carbocycles. The fourth-order valence-electron chi connectivity index (χ4n) is 4.51. The Labute approximate surface area is 199 Å². The number of anilines is 1. The lowest BCUT2D eigenvalue weighted by Crippen LogP contribution is -2.45. The van der Waals surface area contributed by atoms with Crippen LogP contribution in [0.15, 0.2) is 29.3 Å². The van der Waals surface area contributed by atoms with E-state index in [0.29, 0.717) is 6.04 Å². The molecule has 0 aliphatic carbocycles. The highest BCUT2D eigenvalue weighted by Crippen LogP contribution is 2.30. The fourth-order valence-corrected chi connectivity index (χ4v) is 4.51. The first-order chi connectivity index (χ1) is 14.2. The molecule has 2 saturated heterocycles. The molecule has 2 heterocycles. The summed E-state index contributed by atoms with van der Waals surface area (Å²) in [6, 6.07) is 9.42. The van der Waals surface area contributed by atoms with Gasteiger partial charge in [0.1, 0.15) is 5.75 Å². The van der Waals surface area contributed by atoms with Gasteiger partial charge in [0.25, 0.3) is 0 Å². The molecule has 0 aromatic heterocycles. The van der Waals surface area contributed by atoms with Gasteiger partial charge in [0.05, 0.1) is 12.8 Å². The van der Waals surface area contributed by atoms with Gasteiger partial charge in [-0.1, -0.05) is 18.6 Å². The second-order valence-electron chi connectivity index (χ2n) is 8.33. The van der Waals surface area contributed by atoms with Gasteiger partial charge in [0.2, 0.25) is 0 Å². The summed E-state index contributed by atoms with van der Waals surface area (Å²) in [6.07, 6.45) is 7.66. The van der Waals surface area contributed by atoms with Crippen LogP contribution in [0.1, 0.15) is 45.4 Å². The van der Waals surface area contributed by atoms with Crippen LogP contribution in [0.5, 0.6) is 5.75 Å². The van der Waals surface area contributed by atoms with Crippen molar-refractivity contribution in [3.8, 4) is 5.75 Å². The van der Waals surface area contributed by atoms with Crippen LogP contribution in [-0.2, 0) is 0 Å². The van der Waals surface area contributed by atoms with E-state index in [2.05, 4.69) is 44.5 Å². The van der Waals surface area contributed by atoms with Crippen molar-refractivity contribution in [2.45, 2.75) is 57.5 Å². The maximum Gasteiger partial charge on any atom is 0.191 e. The molecule has 170 valence electrons. The molecule has 2 N–H and O–H groups in total. The second-order valence-corrected chi connectivity index (χ2v) is 8.33. The lowest BCUT2D eigenvalue weighted by Gasteiger charge is -2.33. The predicted molar refractivity (Wildman–Crippen MR) is 138 cm³/mol. The third-order valence-electron chi connectivity index (χ3n) is 6.28. The number of hydrogen-bond donors (Lipinski definition) is 2. The van der Waals surface area contributed by atoms with E-state index in [0.717, 1.165) is 43.8 Å². The Morgan fingerprint density at radius 2 is 2.00 bits per heavy atom. The van der Waals surface area contributed by atoms with Gasteiger partial charge < -0.3 is 25.2 Å². The minimum atomic E-state index is 0. The summed E-state index contributed by atoms with van der Waals surface area (Å²) in [5, 5.41) is 7.10. The van der Waals surface area contributed by atoms with Crippen molar-refractivity contribution in [3.05, 3.63) is 24.3 Å². The maximum absolute atomic E-state index is 5.52. The van der Waals surface area contributed by atoms with Crippen molar-refractivity contribution in [2.24, 2.45) is 4.99 Å². The van der Waals surface area contributed by atoms with Crippen molar-refractivity contribution >= 4 is 35.6 Å². The first kappa shape index (κ1) is 25.0. The number of ether oxygens (including phenoxy) is 1. The van der Waals surface area contributed by atoms with Gasteiger partial charge >= 0.3 is 0 Å². The molecular weight excluding hydrogens is 489 g/mol. The molecule has 2 atom stereocenters. The Hall–Kier alpha value is -1.22. The third-order valence-corrected chi connectivity index (χ3v) is 6.28. The number of likely N-dealkylation sites (tertiary alicyclic amines) is 1. The predicted octanol–water partition coefficient (Wildman–Crippen LogP) is 3.71. The summed E-state index contributed by atoms with van der Waals surface area (Å²) in [6.45, 7) is 7.86. The zero-order valence-corrected chi connectivity index (χ0v) is 21.2. The second kappa shape index (κ2) is 13.2. The SMILES string of the molecule is CN=C(NCCCCN1CCCCC1C)NC1CCN(c2ccccc2OC)C1.I. The number of aliphatic imine (C=N–C) groups is 1. The number of nitrogens with one attached hydrogen (secondary N) is 2. The van der Waals surface area contributed by atoms with Crippen LogP contribution < -0.4 is 20.3 Å². The van der Waals surface area contributed by atoms with E-state index in [1.807, 2.05) is 19.2 Å². The lowest BCUT2D eigenvalue weighted by atomic mass is 10.0. The number of hydrogen-bond acceptors (Lipinski definition) is 4. The fraction of sp³-hybridized carbons (Fsp3) is 0.696. The maximum atomic E-state index is 5.52. The molecule has 1 aromatic rings. The summed E-state index contributed by atoms with van der Waals surface area (Å²) in [7, 11) is 3.60. The van der Waals surface area contributed by atoms with Gasteiger partial charge in [0, 0.05) is 38.8 Å². The monoisotopic (exact) mass is 529 g/mol. The Balaban J connectivity index is 0.00000320. The molecule has 2 fully saturated rings. The number of nitrogens with zero attached hydrogens (tertiary/aromatic N) is 3. The highest BCUT2D eigenvalue weighted by atomic mass is 127. The van der Waals surface area contributed by atoms with E-state index in [4.69, 9.17) is 4.74 Å². The number of guanidine groups is 1. The number of benzene rings is 1. The van der Waals surface area contributed by atoms with Crippen LogP contribution in [0.25, 0.3) is 0 Å². The van der Waals surface area contributed by atoms with Crippen LogP contribution in [-0.4, -0.2) is 69.8 Å². The summed E-state index contributed by atoms with van der Waals surface area (Å²) in [5.41, 5.74) is 1.18. The zero-order valence-electron chi connectivity index (χ0n) is 18.9. The van der Waals surface area contributed by atoms with E-state index in [9.17, 15) is 0 Å². The number of unbranched alkanes of at least 4 members (excludes halogenated alkanes) is 1. The van der Waals surface area contributed by atoms with Gasteiger partial charge in [-0.05, 0) is 64.3 Å². The first-order valence-corrected chi connectivity index (χ1v) is 11.3. The molecule has 0 bridgehead atoms. The van der Waals surface area contributed by atoms with E-state index in [-0.39, 0.29) is 24.0 Å². The zero-order chi connectivity index (χ0) is 20.5. The quantitative estimate of drug-likeness (QED) is 0.233. The van der Waals surface area contributed by atoms with Crippen molar-refractivity contribution < 1.29 is 4.74 Å². The van der Waals surface area contributed by atoms with Gasteiger partial charge in [-0.15, -0.1) is 24.0 Å². The van der Waals surface area contributed by atoms with Crippen LogP contribution in [0.4, 0.5) is 5.69 Å². The van der Waals surface area contributed by atoms with E-state index in [1.54, 1.807) is 7.11 Å². The molecule has 3 rings (SSSR count). The largest absolute Gasteiger partial charge is 0.495 e. The number of piperidine rings is 1. The van der Waals surface area contributed by atoms with E-state index >= 15 is 0 Å². The van der Waals surface area contributed by atoms with Crippen LogP contribution in [0.2, 0.25) is 0 Å². The molecule has 2 aliphatic rings. The van der Waals surface area contributed by atoms with Gasteiger partial charge in [0.15, 0.2) is 5.96 Å². The Bertz CT molecular complexity index is 656. The standard InChI is InChI=1S/C23H39N5O.HI/c1-19-10-6-8-15-27(19)16-9-7-14-25-23(24-2)26-20-13-17-28(18-20)21-11-4-5-12-22(21)29-3;/h4-5,11-12,19-20H,6-10,13-18H2,1-3H3,(H2,24,25,26);1H. The van der Waals surface area contributed by atoms with Crippen molar-refractivity contribution in [3.63, 3.8) is 0 Å². The summed E-state index contributed by atoms with van der Waals surface area (Å²) in [5.74, 6) is 1.86. The van der Waals surface area contributed by atoms with Gasteiger partial charge in [-0.2, -0.15) is 0 Å². The van der Waals surface area contributed by atoms with Gasteiger partial charge in [-0.3, -0.25) is 4.99 Å². The number of halogens is 1. The molecule has 7 heteroatoms. The van der Waals surface area contributed by atoms with Crippen LogP contribution >= 0.6 is 24.0 Å².